The molecule has 0 saturated carbocycles. The Morgan fingerprint density at radius 1 is 0.564 bits per heavy atom. The molecule has 6 aromatic heterocycles. The van der Waals surface area contributed by atoms with E-state index in [1.807, 2.05) is 30.3 Å². The lowest BCUT2D eigenvalue weighted by Gasteiger charge is -2.32. The molecule has 0 amide bonds. The second kappa shape index (κ2) is 17.6. The van der Waals surface area contributed by atoms with Crippen LogP contribution in [0, 0.1) is 0 Å². The standard InChI is InChI=1S/C17H18BNO2S2.C11H7NS2.C7H4BrNS.C4H5BO2S/c1-16(2)17(3,4)21-18(20-16)14-10-9-13(22-14)15-19-11-7-5-6-8-12(11)23-15;1-2-5-9-8(4-1)12-11(14-9)10-6-3-7-13-10;8-7-9-5-3-1-2-4-6(5)10-7;6-5(7)4-2-1-3-8-4/h5-10H,1-4H3;1-7H;1-4H;1-3,6-7H. The molecule has 2 N–H and O–H groups in total. The lowest BCUT2D eigenvalue weighted by Crippen LogP contribution is -2.41. The fraction of sp³-hybridized carbons (Fsp3) is 0.154. The zero-order valence-corrected chi connectivity index (χ0v) is 36.6. The molecule has 10 rings (SSSR count). The van der Waals surface area contributed by atoms with Crippen LogP contribution in [0.4, 0.5) is 0 Å². The van der Waals surface area contributed by atoms with Crippen molar-refractivity contribution in [1.82, 2.24) is 15.0 Å². The van der Waals surface area contributed by atoms with Gasteiger partial charge in [0.05, 0.1) is 51.6 Å². The van der Waals surface area contributed by atoms with E-state index >= 15 is 0 Å². The number of halogens is 1. The number of rotatable bonds is 4. The second-order valence-electron chi connectivity index (χ2n) is 13.1. The molecule has 278 valence electrons. The first-order valence-electron chi connectivity index (χ1n) is 17.1. The van der Waals surface area contributed by atoms with Gasteiger partial charge in [-0.3, -0.25) is 0 Å². The SMILES string of the molecule is Brc1nc2ccccc2s1.CC1(C)OB(c2ccc(-c3nc4ccccc4s3)s2)OC1(C)C.OB(O)c1cccs1.c1csc(-c2nc3ccccc3s2)c1. The van der Waals surface area contributed by atoms with Crippen LogP contribution in [0.1, 0.15) is 27.7 Å². The maximum Gasteiger partial charge on any atom is 0.505 e. The molecule has 1 aliphatic rings. The second-order valence-corrected chi connectivity index (χ2v) is 20.5. The van der Waals surface area contributed by atoms with Crippen molar-refractivity contribution in [3.8, 4) is 19.8 Å². The van der Waals surface area contributed by atoms with E-state index < -0.39 is 7.12 Å². The van der Waals surface area contributed by atoms with E-state index in [-0.39, 0.29) is 18.3 Å². The normalized spacial score (nSPS) is 14.2. The van der Waals surface area contributed by atoms with Gasteiger partial charge in [-0.1, -0.05) is 60.7 Å². The Kier molecular flexibility index (Phi) is 12.8. The number of para-hydroxylation sites is 3. The number of thiazole rings is 3. The van der Waals surface area contributed by atoms with Gasteiger partial charge in [0, 0.05) is 9.55 Å². The topological polar surface area (TPSA) is 97.6 Å². The van der Waals surface area contributed by atoms with Crippen LogP contribution in [0.3, 0.4) is 0 Å². The minimum Gasteiger partial charge on any atom is -0.423 e. The molecule has 1 aliphatic heterocycles. The van der Waals surface area contributed by atoms with E-state index in [2.05, 4.69) is 126 Å². The monoisotopic (exact) mass is 901 g/mol. The predicted octanol–water partition coefficient (Wildman–Crippen LogP) is 10.8. The van der Waals surface area contributed by atoms with Crippen molar-refractivity contribution < 1.29 is 19.4 Å². The summed E-state index contributed by atoms with van der Waals surface area (Å²) < 4.78 is 18.6. The molecule has 0 atom stereocenters. The summed E-state index contributed by atoms with van der Waals surface area (Å²) in [7, 11) is -1.59. The van der Waals surface area contributed by atoms with Gasteiger partial charge in [-0.15, -0.1) is 56.7 Å². The highest BCUT2D eigenvalue weighted by molar-refractivity contribution is 9.11. The van der Waals surface area contributed by atoms with E-state index in [1.165, 1.54) is 30.3 Å². The summed E-state index contributed by atoms with van der Waals surface area (Å²) in [4.78, 5) is 16.0. The van der Waals surface area contributed by atoms with E-state index in [0.29, 0.717) is 4.78 Å². The van der Waals surface area contributed by atoms with Gasteiger partial charge < -0.3 is 19.4 Å². The zero-order valence-electron chi connectivity index (χ0n) is 30.1. The lowest BCUT2D eigenvalue weighted by atomic mass is 9.88. The summed E-state index contributed by atoms with van der Waals surface area (Å²) in [6, 6.07) is 36.4. The van der Waals surface area contributed by atoms with Crippen molar-refractivity contribution in [1.29, 1.82) is 0 Å². The molecule has 3 aromatic carbocycles. The Balaban J connectivity index is 0.000000123. The summed E-state index contributed by atoms with van der Waals surface area (Å²) in [6.07, 6.45) is 0. The number of benzene rings is 3. The molecule has 0 bridgehead atoms. The van der Waals surface area contributed by atoms with Gasteiger partial charge in [-0.25, -0.2) is 15.0 Å². The van der Waals surface area contributed by atoms with Gasteiger partial charge in [0.1, 0.15) is 10.0 Å². The van der Waals surface area contributed by atoms with Crippen molar-refractivity contribution >= 4 is 138 Å². The maximum absolute atomic E-state index is 8.48. The maximum atomic E-state index is 8.48. The van der Waals surface area contributed by atoms with Gasteiger partial charge in [0.25, 0.3) is 0 Å². The highest BCUT2D eigenvalue weighted by Crippen LogP contribution is 2.38. The molecule has 1 fully saturated rings. The van der Waals surface area contributed by atoms with Gasteiger partial charge in [0.15, 0.2) is 3.92 Å². The zero-order chi connectivity index (χ0) is 38.6. The van der Waals surface area contributed by atoms with Crippen LogP contribution in [0.5, 0.6) is 0 Å². The summed E-state index contributed by atoms with van der Waals surface area (Å²) in [5.41, 5.74) is 2.60. The van der Waals surface area contributed by atoms with Crippen LogP contribution in [-0.2, 0) is 9.31 Å². The van der Waals surface area contributed by atoms with Gasteiger partial charge in [-0.2, -0.15) is 11.3 Å². The van der Waals surface area contributed by atoms with Crippen molar-refractivity contribution in [2.45, 2.75) is 38.9 Å². The van der Waals surface area contributed by atoms with E-state index in [4.69, 9.17) is 24.3 Å². The molecular weight excluding hydrogens is 868 g/mol. The van der Waals surface area contributed by atoms with Crippen molar-refractivity contribution in [3.63, 3.8) is 0 Å². The van der Waals surface area contributed by atoms with Crippen LogP contribution in [0.25, 0.3) is 50.4 Å². The summed E-state index contributed by atoms with van der Waals surface area (Å²) in [5.74, 6) is 0. The highest BCUT2D eigenvalue weighted by atomic mass is 79.9. The van der Waals surface area contributed by atoms with Crippen molar-refractivity contribution in [2.24, 2.45) is 0 Å². The predicted molar refractivity (Wildman–Crippen MR) is 243 cm³/mol. The molecule has 0 spiro atoms. The molecule has 0 radical (unpaired) electrons. The molecule has 7 heterocycles. The molecule has 7 nitrogen and oxygen atoms in total. The van der Waals surface area contributed by atoms with Crippen LogP contribution in [-0.4, -0.2) is 50.4 Å². The largest absolute Gasteiger partial charge is 0.505 e. The number of aromatic nitrogens is 3. The highest BCUT2D eigenvalue weighted by Gasteiger charge is 2.52. The van der Waals surface area contributed by atoms with Crippen LogP contribution in [0.2, 0.25) is 0 Å². The minimum atomic E-state index is -1.30. The Morgan fingerprint density at radius 3 is 1.55 bits per heavy atom. The fourth-order valence-electron chi connectivity index (χ4n) is 5.19. The smallest absolute Gasteiger partial charge is 0.423 e. The Hall–Kier alpha value is -3.12. The van der Waals surface area contributed by atoms with Crippen LogP contribution < -0.4 is 9.55 Å². The van der Waals surface area contributed by atoms with E-state index in [0.717, 1.165) is 40.1 Å². The first-order valence-corrected chi connectivity index (χ1v) is 22.9. The quantitative estimate of drug-likeness (QED) is 0.170. The molecule has 16 heteroatoms. The molecule has 9 aromatic rings. The average Bonchev–Trinajstić information content (AvgIpc) is 4.02. The van der Waals surface area contributed by atoms with Gasteiger partial charge in [-0.05, 0) is 103 Å². The Morgan fingerprint density at radius 2 is 1.07 bits per heavy atom. The number of hydrogen-bond acceptors (Lipinski definition) is 13. The van der Waals surface area contributed by atoms with Crippen molar-refractivity contribution in [3.05, 3.63) is 124 Å². The van der Waals surface area contributed by atoms with Gasteiger partial charge >= 0.3 is 14.2 Å². The molecular formula is C39H34B2BrN3O4S6. The summed E-state index contributed by atoms with van der Waals surface area (Å²) in [5, 5.41) is 23.0. The number of fused-ring (bicyclic) bond motifs is 3. The molecule has 0 aliphatic carbocycles. The van der Waals surface area contributed by atoms with Crippen LogP contribution >= 0.6 is 84.0 Å². The Bertz CT molecular complexity index is 2480. The first-order chi connectivity index (χ1) is 26.5. The van der Waals surface area contributed by atoms with Crippen LogP contribution in [0.15, 0.2) is 124 Å². The summed E-state index contributed by atoms with van der Waals surface area (Å²) in [6.45, 7) is 8.31. The number of hydrogen-bond donors (Lipinski definition) is 2. The third-order valence-corrected chi connectivity index (χ3v) is 15.5. The third-order valence-electron chi connectivity index (χ3n) is 8.71. The lowest BCUT2D eigenvalue weighted by molar-refractivity contribution is 0.00578. The van der Waals surface area contributed by atoms with E-state index in [1.54, 1.807) is 74.2 Å². The third kappa shape index (κ3) is 9.71. The Labute approximate surface area is 352 Å². The minimum absolute atomic E-state index is 0.298. The fourth-order valence-corrected chi connectivity index (χ4v) is 10.9. The van der Waals surface area contributed by atoms with E-state index in [9.17, 15) is 0 Å². The summed E-state index contributed by atoms with van der Waals surface area (Å²) >= 11 is 13.2. The molecule has 0 unspecified atom stereocenters. The molecule has 1 saturated heterocycles. The van der Waals surface area contributed by atoms with Gasteiger partial charge in [0.2, 0.25) is 0 Å². The number of thiophene rings is 3. The molecule has 55 heavy (non-hydrogen) atoms. The van der Waals surface area contributed by atoms with Crippen molar-refractivity contribution in [2.75, 3.05) is 0 Å². The number of nitrogens with zero attached hydrogens (tertiary/aromatic N) is 3. The average molecular weight is 903 g/mol. The first kappa shape index (κ1) is 40.1.